The maximum atomic E-state index is 13.1. The highest BCUT2D eigenvalue weighted by Crippen LogP contribution is 2.21. The molecule has 0 unspecified atom stereocenters. The van der Waals surface area contributed by atoms with Gasteiger partial charge >= 0.3 is 0 Å². The quantitative estimate of drug-likeness (QED) is 0.938. The summed E-state index contributed by atoms with van der Waals surface area (Å²) in [6.45, 7) is 0.225. The number of hydrogen-bond acceptors (Lipinski definition) is 2. The number of primary amides is 1. The zero-order valence-corrected chi connectivity index (χ0v) is 11.5. The maximum absolute atomic E-state index is 13.1. The topological polar surface area (TPSA) is 52.3 Å². The molecule has 3 nitrogen and oxygen atoms in total. The fourth-order valence-electron chi connectivity index (χ4n) is 1.59. The summed E-state index contributed by atoms with van der Waals surface area (Å²) in [6.07, 6.45) is 0. The summed E-state index contributed by atoms with van der Waals surface area (Å²) in [5, 5.41) is 0. The number of halogens is 2. The highest BCUT2D eigenvalue weighted by atomic mass is 79.9. The number of amides is 1. The van der Waals surface area contributed by atoms with Crippen molar-refractivity contribution in [2.24, 2.45) is 5.73 Å². The number of ether oxygens (including phenoxy) is 1. The number of rotatable bonds is 4. The number of carbonyl (C=O) groups is 1. The molecule has 0 aliphatic rings. The van der Waals surface area contributed by atoms with Crippen LogP contribution in [0.15, 0.2) is 46.9 Å². The third-order valence-electron chi connectivity index (χ3n) is 2.53. The maximum Gasteiger partial charge on any atom is 0.252 e. The van der Waals surface area contributed by atoms with Gasteiger partial charge in [0.25, 0.3) is 5.91 Å². The molecule has 0 saturated carbocycles. The molecule has 0 heterocycles. The van der Waals surface area contributed by atoms with E-state index in [1.165, 1.54) is 6.07 Å². The molecule has 0 bridgehead atoms. The fourth-order valence-corrected chi connectivity index (χ4v) is 2.01. The van der Waals surface area contributed by atoms with Gasteiger partial charge in [-0.1, -0.05) is 18.2 Å². The van der Waals surface area contributed by atoms with E-state index in [2.05, 4.69) is 15.9 Å². The minimum absolute atomic E-state index is 0.225. The highest BCUT2D eigenvalue weighted by molar-refractivity contribution is 9.10. The van der Waals surface area contributed by atoms with E-state index in [0.29, 0.717) is 15.8 Å². The molecule has 98 valence electrons. The molecule has 0 aromatic heterocycles. The molecular formula is C14H11BrFNO2. The van der Waals surface area contributed by atoms with Gasteiger partial charge in [0.05, 0.1) is 10.0 Å². The van der Waals surface area contributed by atoms with Crippen LogP contribution in [-0.4, -0.2) is 5.91 Å². The Kier molecular flexibility index (Phi) is 4.16. The highest BCUT2D eigenvalue weighted by Gasteiger charge is 2.08. The lowest BCUT2D eigenvalue weighted by atomic mass is 10.2. The van der Waals surface area contributed by atoms with E-state index in [4.69, 9.17) is 10.5 Å². The Morgan fingerprint density at radius 3 is 2.68 bits per heavy atom. The van der Waals surface area contributed by atoms with Crippen LogP contribution in [0.2, 0.25) is 0 Å². The average molecular weight is 324 g/mol. The van der Waals surface area contributed by atoms with Crippen molar-refractivity contribution in [2.45, 2.75) is 6.61 Å². The van der Waals surface area contributed by atoms with Crippen LogP contribution >= 0.6 is 15.9 Å². The van der Waals surface area contributed by atoms with Crippen molar-refractivity contribution in [3.8, 4) is 5.75 Å². The van der Waals surface area contributed by atoms with Gasteiger partial charge in [-0.15, -0.1) is 0 Å². The lowest BCUT2D eigenvalue weighted by Crippen LogP contribution is -2.12. The van der Waals surface area contributed by atoms with Gasteiger partial charge in [-0.2, -0.15) is 0 Å². The molecule has 0 aliphatic carbocycles. The molecule has 0 saturated heterocycles. The first-order valence-electron chi connectivity index (χ1n) is 5.53. The minimum Gasteiger partial charge on any atom is -0.488 e. The summed E-state index contributed by atoms with van der Waals surface area (Å²) in [5.74, 6) is -0.465. The van der Waals surface area contributed by atoms with Crippen LogP contribution < -0.4 is 10.5 Å². The predicted molar refractivity (Wildman–Crippen MR) is 73.4 cm³/mol. The fraction of sp³-hybridized carbons (Fsp3) is 0.0714. The summed E-state index contributed by atoms with van der Waals surface area (Å²) in [5.41, 5.74) is 6.36. The normalized spacial score (nSPS) is 10.2. The van der Waals surface area contributed by atoms with E-state index in [-0.39, 0.29) is 12.4 Å². The molecule has 2 aromatic carbocycles. The van der Waals surface area contributed by atoms with E-state index in [1.54, 1.807) is 36.4 Å². The van der Waals surface area contributed by atoms with Gasteiger partial charge in [0.2, 0.25) is 0 Å². The van der Waals surface area contributed by atoms with E-state index in [0.717, 1.165) is 5.56 Å². The van der Waals surface area contributed by atoms with Crippen LogP contribution in [0.4, 0.5) is 4.39 Å². The Balaban J connectivity index is 2.14. The summed E-state index contributed by atoms with van der Waals surface area (Å²) >= 11 is 3.11. The number of benzene rings is 2. The van der Waals surface area contributed by atoms with Crippen molar-refractivity contribution in [3.05, 3.63) is 63.9 Å². The van der Waals surface area contributed by atoms with Crippen LogP contribution in [0.3, 0.4) is 0 Å². The molecule has 0 fully saturated rings. The third-order valence-corrected chi connectivity index (χ3v) is 3.14. The molecule has 5 heteroatoms. The molecular weight excluding hydrogens is 313 g/mol. The second kappa shape index (κ2) is 5.84. The average Bonchev–Trinajstić information content (AvgIpc) is 2.40. The minimum atomic E-state index is -0.545. The summed E-state index contributed by atoms with van der Waals surface area (Å²) in [6, 6.07) is 11.3. The summed E-state index contributed by atoms with van der Waals surface area (Å²) in [4.78, 5) is 11.2. The largest absolute Gasteiger partial charge is 0.488 e. The van der Waals surface area contributed by atoms with Crippen LogP contribution in [0.25, 0.3) is 0 Å². The number of hydrogen-bond donors (Lipinski definition) is 1. The van der Waals surface area contributed by atoms with Crippen molar-refractivity contribution in [3.63, 3.8) is 0 Å². The van der Waals surface area contributed by atoms with Crippen molar-refractivity contribution >= 4 is 21.8 Å². The van der Waals surface area contributed by atoms with Crippen LogP contribution in [0.1, 0.15) is 15.9 Å². The molecule has 2 aromatic rings. The zero-order chi connectivity index (χ0) is 13.8. The Labute approximate surface area is 118 Å². The van der Waals surface area contributed by atoms with Gasteiger partial charge in [0.15, 0.2) is 0 Å². The smallest absolute Gasteiger partial charge is 0.252 e. The number of para-hydroxylation sites is 1. The summed E-state index contributed by atoms with van der Waals surface area (Å²) < 4.78 is 19.0. The van der Waals surface area contributed by atoms with E-state index in [1.807, 2.05) is 0 Å². The molecule has 0 radical (unpaired) electrons. The first-order valence-corrected chi connectivity index (χ1v) is 6.33. The lowest BCUT2D eigenvalue weighted by molar-refractivity contribution is 0.0996. The zero-order valence-electron chi connectivity index (χ0n) is 9.90. The Morgan fingerprint density at radius 1 is 1.26 bits per heavy atom. The SMILES string of the molecule is NC(=O)c1ccccc1OCc1ccc(F)c(Br)c1. The van der Waals surface area contributed by atoms with Gasteiger partial charge < -0.3 is 10.5 Å². The van der Waals surface area contributed by atoms with E-state index in [9.17, 15) is 9.18 Å². The third kappa shape index (κ3) is 3.32. The van der Waals surface area contributed by atoms with Gasteiger partial charge in [-0.05, 0) is 45.8 Å². The van der Waals surface area contributed by atoms with Gasteiger partial charge in [0.1, 0.15) is 18.2 Å². The molecule has 2 rings (SSSR count). The van der Waals surface area contributed by atoms with Crippen molar-refractivity contribution < 1.29 is 13.9 Å². The molecule has 0 atom stereocenters. The van der Waals surface area contributed by atoms with Crippen molar-refractivity contribution in [2.75, 3.05) is 0 Å². The van der Waals surface area contributed by atoms with Crippen molar-refractivity contribution in [1.82, 2.24) is 0 Å². The molecule has 0 aliphatic heterocycles. The first-order chi connectivity index (χ1) is 9.08. The Morgan fingerprint density at radius 2 is 2.00 bits per heavy atom. The second-order valence-corrected chi connectivity index (χ2v) is 4.75. The standard InChI is InChI=1S/C14H11BrFNO2/c15-11-7-9(5-6-12(11)16)8-19-13-4-2-1-3-10(13)14(17)18/h1-7H,8H2,(H2,17,18). The van der Waals surface area contributed by atoms with Crippen molar-refractivity contribution in [1.29, 1.82) is 0 Å². The molecule has 0 spiro atoms. The Bertz CT molecular complexity index is 616. The molecule has 19 heavy (non-hydrogen) atoms. The van der Waals surface area contributed by atoms with Crippen LogP contribution in [0, 0.1) is 5.82 Å². The van der Waals surface area contributed by atoms with Gasteiger partial charge in [-0.3, -0.25) is 4.79 Å². The monoisotopic (exact) mass is 323 g/mol. The Hall–Kier alpha value is -1.88. The summed E-state index contributed by atoms with van der Waals surface area (Å²) in [7, 11) is 0. The molecule has 1 amide bonds. The van der Waals surface area contributed by atoms with E-state index >= 15 is 0 Å². The first kappa shape index (κ1) is 13.5. The van der Waals surface area contributed by atoms with Crippen LogP contribution in [0.5, 0.6) is 5.75 Å². The van der Waals surface area contributed by atoms with E-state index < -0.39 is 5.91 Å². The second-order valence-electron chi connectivity index (χ2n) is 3.90. The van der Waals surface area contributed by atoms with Crippen LogP contribution in [-0.2, 0) is 6.61 Å². The number of nitrogens with two attached hydrogens (primary N) is 1. The number of carbonyl (C=O) groups excluding carboxylic acids is 1. The molecule has 2 N–H and O–H groups in total. The van der Waals surface area contributed by atoms with Gasteiger partial charge in [0, 0.05) is 0 Å². The van der Waals surface area contributed by atoms with Gasteiger partial charge in [-0.25, -0.2) is 4.39 Å². The predicted octanol–water partition coefficient (Wildman–Crippen LogP) is 3.27. The lowest BCUT2D eigenvalue weighted by Gasteiger charge is -2.09.